The van der Waals surface area contributed by atoms with Crippen LogP contribution in [0.5, 0.6) is 0 Å². The molecule has 1 fully saturated rings. The highest BCUT2D eigenvalue weighted by atomic mass is 16.3. The van der Waals surface area contributed by atoms with Crippen molar-refractivity contribution in [1.82, 2.24) is 10.2 Å². The van der Waals surface area contributed by atoms with Crippen molar-refractivity contribution in [2.45, 2.75) is 31.4 Å². The second-order valence-corrected chi connectivity index (χ2v) is 3.77. The number of aliphatic hydroxyl groups excluding tert-OH is 1. The zero-order valence-electron chi connectivity index (χ0n) is 8.29. The van der Waals surface area contributed by atoms with Gasteiger partial charge in [-0.15, -0.1) is 0 Å². The summed E-state index contributed by atoms with van der Waals surface area (Å²) in [6.45, 7) is 0.328. The summed E-state index contributed by atoms with van der Waals surface area (Å²) < 4.78 is 0. The summed E-state index contributed by atoms with van der Waals surface area (Å²) in [6.07, 6.45) is 2.61. The Morgan fingerprint density at radius 2 is 2.23 bits per heavy atom. The maximum atomic E-state index is 11.2. The highest BCUT2D eigenvalue weighted by molar-refractivity contribution is 5.77. The van der Waals surface area contributed by atoms with E-state index in [0.29, 0.717) is 6.54 Å². The van der Waals surface area contributed by atoms with Crippen molar-refractivity contribution < 1.29 is 9.90 Å². The lowest BCUT2D eigenvalue weighted by Gasteiger charge is -2.17. The van der Waals surface area contributed by atoms with Gasteiger partial charge < -0.3 is 15.3 Å². The molecule has 1 aliphatic rings. The highest BCUT2D eigenvalue weighted by Crippen LogP contribution is 2.18. The summed E-state index contributed by atoms with van der Waals surface area (Å²) in [4.78, 5) is 12.7. The number of rotatable bonds is 3. The van der Waals surface area contributed by atoms with Crippen molar-refractivity contribution in [2.75, 3.05) is 20.6 Å². The van der Waals surface area contributed by atoms with Crippen molar-refractivity contribution in [2.24, 2.45) is 0 Å². The van der Waals surface area contributed by atoms with E-state index in [1.54, 1.807) is 19.0 Å². The first-order valence-corrected chi connectivity index (χ1v) is 4.73. The fourth-order valence-electron chi connectivity index (χ4n) is 1.56. The minimum absolute atomic E-state index is 0.0547. The normalized spacial score (nSPS) is 27.6. The Hall–Kier alpha value is -0.610. The maximum Gasteiger partial charge on any atom is 0.236 e. The maximum absolute atomic E-state index is 11.2. The molecule has 0 aliphatic heterocycles. The molecule has 1 rings (SSSR count). The highest BCUT2D eigenvalue weighted by Gasteiger charge is 2.24. The number of hydrogen-bond acceptors (Lipinski definition) is 3. The van der Waals surface area contributed by atoms with E-state index in [2.05, 4.69) is 5.32 Å². The number of hydrogen-bond donors (Lipinski definition) is 2. The molecule has 0 radical (unpaired) electrons. The molecule has 13 heavy (non-hydrogen) atoms. The quantitative estimate of drug-likeness (QED) is 0.629. The Morgan fingerprint density at radius 1 is 1.54 bits per heavy atom. The lowest BCUT2D eigenvalue weighted by molar-refractivity contribution is -0.127. The van der Waals surface area contributed by atoms with Crippen molar-refractivity contribution in [1.29, 1.82) is 0 Å². The topological polar surface area (TPSA) is 52.6 Å². The zero-order chi connectivity index (χ0) is 9.84. The number of likely N-dealkylation sites (N-methyl/N-ethyl adjacent to an activating group) is 1. The number of carbonyl (C=O) groups is 1. The van der Waals surface area contributed by atoms with Crippen molar-refractivity contribution in [3.63, 3.8) is 0 Å². The van der Waals surface area contributed by atoms with E-state index in [1.165, 1.54) is 0 Å². The summed E-state index contributed by atoms with van der Waals surface area (Å²) >= 11 is 0. The van der Waals surface area contributed by atoms with Crippen LogP contribution in [0.4, 0.5) is 0 Å². The summed E-state index contributed by atoms with van der Waals surface area (Å²) in [6, 6.07) is 0.115. The molecule has 0 spiro atoms. The van der Waals surface area contributed by atoms with Gasteiger partial charge in [0, 0.05) is 20.1 Å². The molecule has 0 saturated heterocycles. The number of carbonyl (C=O) groups excluding carboxylic acids is 1. The number of nitrogens with one attached hydrogen (secondary N) is 1. The predicted octanol–water partition coefficient (Wildman–Crippen LogP) is -0.422. The van der Waals surface area contributed by atoms with Gasteiger partial charge in [-0.25, -0.2) is 0 Å². The Morgan fingerprint density at radius 3 is 2.69 bits per heavy atom. The Kier molecular flexibility index (Phi) is 3.69. The molecule has 1 saturated carbocycles. The summed E-state index contributed by atoms with van der Waals surface area (Å²) in [5, 5.41) is 12.5. The third-order valence-corrected chi connectivity index (χ3v) is 2.49. The van der Waals surface area contributed by atoms with Crippen LogP contribution in [0.15, 0.2) is 0 Å². The number of amides is 1. The molecule has 0 unspecified atom stereocenters. The van der Waals surface area contributed by atoms with Gasteiger partial charge in [0.05, 0.1) is 12.6 Å². The number of aliphatic hydroxyl groups is 1. The molecule has 0 aromatic heterocycles. The van der Waals surface area contributed by atoms with Crippen molar-refractivity contribution in [3.05, 3.63) is 0 Å². The Labute approximate surface area is 78.9 Å². The summed E-state index contributed by atoms with van der Waals surface area (Å²) in [5.74, 6) is 0.0547. The molecule has 0 bridgehead atoms. The van der Waals surface area contributed by atoms with Crippen LogP contribution < -0.4 is 5.32 Å². The van der Waals surface area contributed by atoms with Crippen LogP contribution in [0.3, 0.4) is 0 Å². The van der Waals surface area contributed by atoms with Gasteiger partial charge in [-0.2, -0.15) is 0 Å². The van der Waals surface area contributed by atoms with Gasteiger partial charge in [-0.3, -0.25) is 4.79 Å². The Bertz CT molecular complexity index is 182. The van der Waals surface area contributed by atoms with Crippen LogP contribution in [-0.2, 0) is 4.79 Å². The first-order chi connectivity index (χ1) is 6.11. The van der Waals surface area contributed by atoms with Gasteiger partial charge in [-0.05, 0) is 19.3 Å². The first-order valence-electron chi connectivity index (χ1n) is 4.73. The van der Waals surface area contributed by atoms with Crippen molar-refractivity contribution >= 4 is 5.91 Å². The van der Waals surface area contributed by atoms with E-state index in [4.69, 9.17) is 0 Å². The predicted molar refractivity (Wildman–Crippen MR) is 50.3 cm³/mol. The Balaban J connectivity index is 2.22. The largest absolute Gasteiger partial charge is 0.392 e. The van der Waals surface area contributed by atoms with Gasteiger partial charge in [0.15, 0.2) is 0 Å². The molecule has 2 atom stereocenters. The van der Waals surface area contributed by atoms with Gasteiger partial charge in [0.1, 0.15) is 0 Å². The van der Waals surface area contributed by atoms with E-state index >= 15 is 0 Å². The molecule has 4 nitrogen and oxygen atoms in total. The second kappa shape index (κ2) is 4.58. The van der Waals surface area contributed by atoms with E-state index in [1.807, 2.05) is 0 Å². The number of nitrogens with zero attached hydrogens (tertiary/aromatic N) is 1. The second-order valence-electron chi connectivity index (χ2n) is 3.77. The van der Waals surface area contributed by atoms with Crippen LogP contribution in [0.2, 0.25) is 0 Å². The van der Waals surface area contributed by atoms with E-state index in [0.717, 1.165) is 19.3 Å². The first kappa shape index (κ1) is 10.5. The van der Waals surface area contributed by atoms with Crippen LogP contribution in [0.1, 0.15) is 19.3 Å². The van der Waals surface area contributed by atoms with E-state index in [9.17, 15) is 9.90 Å². The minimum atomic E-state index is -0.269. The van der Waals surface area contributed by atoms with E-state index in [-0.39, 0.29) is 18.1 Å². The van der Waals surface area contributed by atoms with Gasteiger partial charge in [0.25, 0.3) is 0 Å². The standard InChI is InChI=1S/C9H18N2O2/c1-11(2)9(13)6-10-7-4-3-5-8(7)12/h7-8,10,12H,3-6H2,1-2H3/t7-,8-/m1/s1. The summed E-state index contributed by atoms with van der Waals surface area (Å²) in [5.41, 5.74) is 0. The van der Waals surface area contributed by atoms with Crippen LogP contribution in [-0.4, -0.2) is 48.7 Å². The molecule has 2 N–H and O–H groups in total. The fraction of sp³-hybridized carbons (Fsp3) is 0.889. The molecular formula is C9H18N2O2. The minimum Gasteiger partial charge on any atom is -0.392 e. The molecule has 76 valence electrons. The molecule has 0 aromatic carbocycles. The van der Waals surface area contributed by atoms with Gasteiger partial charge in [0.2, 0.25) is 5.91 Å². The average molecular weight is 186 g/mol. The third-order valence-electron chi connectivity index (χ3n) is 2.49. The van der Waals surface area contributed by atoms with Crippen molar-refractivity contribution in [3.8, 4) is 0 Å². The lowest BCUT2D eigenvalue weighted by Crippen LogP contribution is -2.42. The monoisotopic (exact) mass is 186 g/mol. The smallest absolute Gasteiger partial charge is 0.236 e. The molecule has 0 aromatic rings. The summed E-state index contributed by atoms with van der Waals surface area (Å²) in [7, 11) is 3.46. The van der Waals surface area contributed by atoms with Gasteiger partial charge in [-0.1, -0.05) is 0 Å². The average Bonchev–Trinajstić information content (AvgIpc) is 2.47. The van der Waals surface area contributed by atoms with Crippen LogP contribution in [0, 0.1) is 0 Å². The fourth-order valence-corrected chi connectivity index (χ4v) is 1.56. The molecule has 4 heteroatoms. The van der Waals surface area contributed by atoms with E-state index < -0.39 is 0 Å². The molecule has 1 aliphatic carbocycles. The van der Waals surface area contributed by atoms with Gasteiger partial charge >= 0.3 is 0 Å². The molecule has 0 heterocycles. The lowest BCUT2D eigenvalue weighted by atomic mass is 10.2. The third kappa shape index (κ3) is 2.97. The SMILES string of the molecule is CN(C)C(=O)CN[C@@H]1CCC[C@H]1O. The molecular weight excluding hydrogens is 168 g/mol. The molecule has 1 amide bonds. The van der Waals surface area contributed by atoms with Crippen LogP contribution in [0.25, 0.3) is 0 Å². The van der Waals surface area contributed by atoms with Crippen LogP contribution >= 0.6 is 0 Å². The zero-order valence-corrected chi connectivity index (χ0v) is 8.29.